The number of hydrogen-bond donors (Lipinski definition) is 3. The Morgan fingerprint density at radius 1 is 1.17 bits per heavy atom. The number of carbonyl (C=O) groups is 2. The van der Waals surface area contributed by atoms with Gasteiger partial charge < -0.3 is 20.3 Å². The third kappa shape index (κ3) is 6.41. The molecular formula is C19H31N4O5S+. The van der Waals surface area contributed by atoms with Crippen LogP contribution in [0.1, 0.15) is 19.3 Å². The van der Waals surface area contributed by atoms with Crippen LogP contribution in [0.2, 0.25) is 0 Å². The average molecular weight is 428 g/mol. The van der Waals surface area contributed by atoms with Crippen LogP contribution < -0.4 is 20.3 Å². The van der Waals surface area contributed by atoms with Gasteiger partial charge >= 0.3 is 11.8 Å². The second-order valence-electron chi connectivity index (χ2n) is 7.36. The molecule has 10 heteroatoms. The molecule has 0 aromatic heterocycles. The summed E-state index contributed by atoms with van der Waals surface area (Å²) in [4.78, 5) is 25.3. The number of benzene rings is 1. The summed E-state index contributed by atoms with van der Waals surface area (Å²) < 4.78 is 32.4. The van der Waals surface area contributed by atoms with Crippen LogP contribution in [0.5, 0.6) is 5.75 Å². The zero-order chi connectivity index (χ0) is 21.4. The van der Waals surface area contributed by atoms with Crippen LogP contribution in [-0.2, 0) is 19.6 Å². The van der Waals surface area contributed by atoms with Crippen molar-refractivity contribution in [3.63, 3.8) is 0 Å². The molecule has 162 valence electrons. The molecule has 0 radical (unpaired) electrons. The maximum absolute atomic E-state index is 12.9. The van der Waals surface area contributed by atoms with E-state index in [2.05, 4.69) is 10.6 Å². The van der Waals surface area contributed by atoms with E-state index in [0.29, 0.717) is 31.7 Å². The number of carbonyl (C=O) groups excluding carboxylic acids is 2. The largest absolute Gasteiger partial charge is 0.497 e. The average Bonchev–Trinajstić information content (AvgIpc) is 3.18. The van der Waals surface area contributed by atoms with Crippen molar-refractivity contribution in [2.45, 2.75) is 30.2 Å². The van der Waals surface area contributed by atoms with Gasteiger partial charge in [0.25, 0.3) is 0 Å². The van der Waals surface area contributed by atoms with Gasteiger partial charge in [0.05, 0.1) is 32.6 Å². The zero-order valence-electron chi connectivity index (χ0n) is 17.2. The summed E-state index contributed by atoms with van der Waals surface area (Å²) in [6.45, 7) is 1.80. The van der Waals surface area contributed by atoms with Gasteiger partial charge in [-0.2, -0.15) is 4.31 Å². The molecule has 0 unspecified atom stereocenters. The number of quaternary nitrogens is 1. The molecule has 0 saturated carbocycles. The van der Waals surface area contributed by atoms with Crippen molar-refractivity contribution in [2.75, 3.05) is 47.4 Å². The maximum atomic E-state index is 12.9. The van der Waals surface area contributed by atoms with E-state index in [1.54, 1.807) is 12.1 Å². The van der Waals surface area contributed by atoms with Crippen LogP contribution in [0.25, 0.3) is 0 Å². The van der Waals surface area contributed by atoms with Crippen LogP contribution in [0.4, 0.5) is 0 Å². The minimum atomic E-state index is -3.68. The van der Waals surface area contributed by atoms with Crippen molar-refractivity contribution >= 4 is 21.8 Å². The Kier molecular flexibility index (Phi) is 8.42. The Morgan fingerprint density at radius 3 is 2.45 bits per heavy atom. The zero-order valence-corrected chi connectivity index (χ0v) is 18.0. The van der Waals surface area contributed by atoms with Gasteiger partial charge in [-0.1, -0.05) is 0 Å². The molecule has 0 aliphatic carbocycles. The van der Waals surface area contributed by atoms with Crippen LogP contribution in [0.15, 0.2) is 29.2 Å². The molecule has 2 amide bonds. The molecule has 1 heterocycles. The standard InChI is InChI=1S/C19H30N4O5S/c1-22(2)12-5-11-20-18(24)19(25)21-14-15-6-4-13-23(15)29(26,27)17-9-7-16(28-3)8-10-17/h7-10,15H,4-6,11-14H2,1-3H3,(H,20,24)(H,21,25)/p+1/t15-/m1/s1. The molecular weight excluding hydrogens is 396 g/mol. The van der Waals surface area contributed by atoms with E-state index in [1.807, 2.05) is 14.1 Å². The fourth-order valence-corrected chi connectivity index (χ4v) is 4.92. The number of ether oxygens (including phenoxy) is 1. The van der Waals surface area contributed by atoms with Crippen molar-refractivity contribution in [3.05, 3.63) is 24.3 Å². The first-order chi connectivity index (χ1) is 13.8. The molecule has 0 bridgehead atoms. The van der Waals surface area contributed by atoms with Gasteiger partial charge in [0.2, 0.25) is 10.0 Å². The fourth-order valence-electron chi connectivity index (χ4n) is 3.23. The first-order valence-electron chi connectivity index (χ1n) is 9.76. The van der Waals surface area contributed by atoms with Gasteiger partial charge in [-0.3, -0.25) is 9.59 Å². The second-order valence-corrected chi connectivity index (χ2v) is 9.25. The second kappa shape index (κ2) is 10.6. The smallest absolute Gasteiger partial charge is 0.309 e. The van der Waals surface area contributed by atoms with Crippen molar-refractivity contribution in [2.24, 2.45) is 0 Å². The lowest BCUT2D eigenvalue weighted by molar-refractivity contribution is -0.858. The normalized spacial score (nSPS) is 17.3. The van der Waals surface area contributed by atoms with Gasteiger partial charge in [0.1, 0.15) is 5.75 Å². The number of nitrogens with one attached hydrogen (secondary N) is 3. The quantitative estimate of drug-likeness (QED) is 0.332. The van der Waals surface area contributed by atoms with Gasteiger partial charge in [0.15, 0.2) is 0 Å². The molecule has 1 saturated heterocycles. The number of sulfonamides is 1. The predicted octanol–water partition coefficient (Wildman–Crippen LogP) is -1.38. The van der Waals surface area contributed by atoms with Crippen molar-refractivity contribution < 1.29 is 27.6 Å². The molecule has 1 atom stereocenters. The summed E-state index contributed by atoms with van der Waals surface area (Å²) in [6.07, 6.45) is 2.11. The van der Waals surface area contributed by atoms with Gasteiger partial charge in [0, 0.05) is 32.1 Å². The Balaban J connectivity index is 1.90. The third-order valence-electron chi connectivity index (χ3n) is 4.83. The first kappa shape index (κ1) is 23.1. The summed E-state index contributed by atoms with van der Waals surface area (Å²) in [5.41, 5.74) is 0. The van der Waals surface area contributed by atoms with E-state index in [1.165, 1.54) is 28.4 Å². The summed E-state index contributed by atoms with van der Waals surface area (Å²) in [7, 11) is 1.86. The SMILES string of the molecule is COc1ccc(S(=O)(=O)N2CCC[C@@H]2CNC(=O)C(=O)NCCC[NH+](C)C)cc1. The van der Waals surface area contributed by atoms with Crippen LogP contribution in [0, 0.1) is 0 Å². The van der Waals surface area contributed by atoms with E-state index >= 15 is 0 Å². The predicted molar refractivity (Wildman–Crippen MR) is 108 cm³/mol. The molecule has 2 rings (SSSR count). The molecule has 1 aromatic rings. The van der Waals surface area contributed by atoms with Crippen molar-refractivity contribution in [1.82, 2.24) is 14.9 Å². The van der Waals surface area contributed by atoms with Crippen LogP contribution in [-0.4, -0.2) is 78.0 Å². The summed E-state index contributed by atoms with van der Waals surface area (Å²) in [6, 6.07) is 5.83. The molecule has 1 aliphatic rings. The number of methoxy groups -OCH3 is 1. The number of rotatable bonds is 9. The lowest BCUT2D eigenvalue weighted by atomic mass is 10.2. The van der Waals surface area contributed by atoms with Gasteiger partial charge in [-0.15, -0.1) is 0 Å². The number of nitrogens with zero attached hydrogens (tertiary/aromatic N) is 1. The highest BCUT2D eigenvalue weighted by molar-refractivity contribution is 7.89. The third-order valence-corrected chi connectivity index (χ3v) is 6.80. The van der Waals surface area contributed by atoms with E-state index in [0.717, 1.165) is 13.0 Å². The summed E-state index contributed by atoms with van der Waals surface area (Å²) in [5, 5.41) is 5.15. The van der Waals surface area contributed by atoms with Gasteiger partial charge in [-0.25, -0.2) is 8.42 Å². The Labute approximate surface area is 172 Å². The Bertz CT molecular complexity index is 795. The van der Waals surface area contributed by atoms with Gasteiger partial charge in [-0.05, 0) is 37.1 Å². The summed E-state index contributed by atoms with van der Waals surface area (Å²) in [5.74, 6) is -0.857. The van der Waals surface area contributed by atoms with E-state index in [9.17, 15) is 18.0 Å². The minimum absolute atomic E-state index is 0.101. The maximum Gasteiger partial charge on any atom is 0.309 e. The minimum Gasteiger partial charge on any atom is -0.497 e. The molecule has 0 spiro atoms. The van der Waals surface area contributed by atoms with Crippen molar-refractivity contribution in [3.8, 4) is 5.75 Å². The number of amides is 2. The number of hydrogen-bond acceptors (Lipinski definition) is 5. The van der Waals surface area contributed by atoms with E-state index < -0.39 is 21.8 Å². The monoisotopic (exact) mass is 427 g/mol. The molecule has 1 aromatic carbocycles. The highest BCUT2D eigenvalue weighted by Gasteiger charge is 2.35. The van der Waals surface area contributed by atoms with E-state index in [-0.39, 0.29) is 17.5 Å². The highest BCUT2D eigenvalue weighted by atomic mass is 32.2. The molecule has 3 N–H and O–H groups in total. The van der Waals surface area contributed by atoms with Crippen LogP contribution >= 0.6 is 0 Å². The van der Waals surface area contributed by atoms with Crippen molar-refractivity contribution in [1.29, 1.82) is 0 Å². The summed E-state index contributed by atoms with van der Waals surface area (Å²) >= 11 is 0. The fraction of sp³-hybridized carbons (Fsp3) is 0.579. The first-order valence-corrected chi connectivity index (χ1v) is 11.2. The highest BCUT2D eigenvalue weighted by Crippen LogP contribution is 2.26. The lowest BCUT2D eigenvalue weighted by Gasteiger charge is -2.24. The Morgan fingerprint density at radius 2 is 1.83 bits per heavy atom. The molecule has 9 nitrogen and oxygen atoms in total. The molecule has 1 fully saturated rings. The Hall–Kier alpha value is -2.17. The molecule has 29 heavy (non-hydrogen) atoms. The lowest BCUT2D eigenvalue weighted by Crippen LogP contribution is -3.05. The molecule has 1 aliphatic heterocycles. The van der Waals surface area contributed by atoms with E-state index in [4.69, 9.17) is 4.74 Å². The van der Waals surface area contributed by atoms with Crippen LogP contribution in [0.3, 0.4) is 0 Å². The topological polar surface area (TPSA) is 109 Å².